The molecule has 2 nitrogen and oxygen atoms in total. The molecule has 2 heteroatoms. The molecule has 0 spiro atoms. The van der Waals surface area contributed by atoms with Crippen LogP contribution >= 0.6 is 0 Å². The third kappa shape index (κ3) is 5.61. The van der Waals surface area contributed by atoms with Crippen molar-refractivity contribution < 1.29 is 9.47 Å². The minimum absolute atomic E-state index is 0.287. The third-order valence-corrected chi connectivity index (χ3v) is 6.29. The van der Waals surface area contributed by atoms with Gasteiger partial charge in [0.2, 0.25) is 0 Å². The Bertz CT molecular complexity index is 712. The lowest BCUT2D eigenvalue weighted by molar-refractivity contribution is 0.0506. The van der Waals surface area contributed by atoms with E-state index in [9.17, 15) is 0 Å². The highest BCUT2D eigenvalue weighted by Crippen LogP contribution is 2.38. The first kappa shape index (κ1) is 20.9. The Morgan fingerprint density at radius 3 is 2.25 bits per heavy atom. The van der Waals surface area contributed by atoms with Crippen LogP contribution in [0.15, 0.2) is 42.5 Å². The third-order valence-electron chi connectivity index (χ3n) is 6.29. The molecule has 2 aromatic rings. The molecule has 152 valence electrons. The van der Waals surface area contributed by atoms with Gasteiger partial charge >= 0.3 is 0 Å². The van der Waals surface area contributed by atoms with Crippen molar-refractivity contribution >= 4 is 0 Å². The first-order valence-electron chi connectivity index (χ1n) is 11.0. The van der Waals surface area contributed by atoms with Crippen molar-refractivity contribution in [1.29, 1.82) is 0 Å². The highest BCUT2D eigenvalue weighted by molar-refractivity contribution is 5.66. The Balaban J connectivity index is 1.57. The second-order valence-corrected chi connectivity index (χ2v) is 8.37. The molecule has 28 heavy (non-hydrogen) atoms. The second kappa shape index (κ2) is 10.7. The van der Waals surface area contributed by atoms with Gasteiger partial charge in [0.15, 0.2) is 6.79 Å². The zero-order chi connectivity index (χ0) is 19.8. The van der Waals surface area contributed by atoms with Crippen molar-refractivity contribution in [2.75, 3.05) is 13.9 Å². The topological polar surface area (TPSA) is 18.5 Å². The number of methoxy groups -OCH3 is 1. The van der Waals surface area contributed by atoms with Gasteiger partial charge in [-0.1, -0.05) is 62.9 Å². The lowest BCUT2D eigenvalue weighted by atomic mass is 9.77. The van der Waals surface area contributed by atoms with Gasteiger partial charge < -0.3 is 9.47 Å². The Morgan fingerprint density at radius 1 is 0.893 bits per heavy atom. The Morgan fingerprint density at radius 2 is 1.61 bits per heavy atom. The summed E-state index contributed by atoms with van der Waals surface area (Å²) in [5.74, 6) is 2.62. The van der Waals surface area contributed by atoms with Gasteiger partial charge in [0.1, 0.15) is 5.75 Å². The molecule has 1 fully saturated rings. The monoisotopic (exact) mass is 380 g/mol. The van der Waals surface area contributed by atoms with Crippen LogP contribution in [0.25, 0.3) is 11.1 Å². The van der Waals surface area contributed by atoms with E-state index in [1.807, 2.05) is 6.07 Å². The lowest BCUT2D eigenvalue weighted by Gasteiger charge is -2.29. The fraction of sp³-hybridized carbons (Fsp3) is 0.538. The molecule has 0 atom stereocenters. The van der Waals surface area contributed by atoms with E-state index < -0.39 is 0 Å². The first-order chi connectivity index (χ1) is 13.7. The highest BCUT2D eigenvalue weighted by Gasteiger charge is 2.22. The van der Waals surface area contributed by atoms with E-state index in [-0.39, 0.29) is 6.79 Å². The number of ether oxygens (including phenoxy) is 2. The largest absolute Gasteiger partial charge is 0.467 e. The number of benzene rings is 2. The summed E-state index contributed by atoms with van der Waals surface area (Å²) in [4.78, 5) is 0. The van der Waals surface area contributed by atoms with Gasteiger partial charge in [-0.05, 0) is 78.8 Å². The summed E-state index contributed by atoms with van der Waals surface area (Å²) in [7, 11) is 1.64. The molecular formula is C26H36O2. The van der Waals surface area contributed by atoms with Crippen molar-refractivity contribution in [1.82, 2.24) is 0 Å². The highest BCUT2D eigenvalue weighted by atomic mass is 16.7. The van der Waals surface area contributed by atoms with Gasteiger partial charge in [-0.25, -0.2) is 0 Å². The standard InChI is InChI=1S/C26H36O2/c1-4-5-6-7-21-8-10-22(11-9-21)23-12-14-24(15-13-23)25-16-17-26(20(2)18-25)28-19-27-3/h12-18,21-22H,4-11,19H2,1-3H3. The van der Waals surface area contributed by atoms with Crippen LogP contribution in [0.2, 0.25) is 0 Å². The number of aryl methyl sites for hydroxylation is 1. The average Bonchev–Trinajstić information content (AvgIpc) is 2.74. The minimum Gasteiger partial charge on any atom is -0.467 e. The zero-order valence-corrected chi connectivity index (χ0v) is 17.9. The van der Waals surface area contributed by atoms with Crippen LogP contribution in [0.1, 0.15) is 75.3 Å². The van der Waals surface area contributed by atoms with Gasteiger partial charge in [-0.3, -0.25) is 0 Å². The van der Waals surface area contributed by atoms with Crippen molar-refractivity contribution in [2.24, 2.45) is 5.92 Å². The maximum Gasteiger partial charge on any atom is 0.188 e. The zero-order valence-electron chi connectivity index (χ0n) is 17.9. The summed E-state index contributed by atoms with van der Waals surface area (Å²) in [6.07, 6.45) is 11.2. The first-order valence-corrected chi connectivity index (χ1v) is 11.0. The molecule has 0 aliphatic heterocycles. The van der Waals surface area contributed by atoms with E-state index in [2.05, 4.69) is 50.2 Å². The lowest BCUT2D eigenvalue weighted by Crippen LogP contribution is -2.13. The predicted molar refractivity (Wildman–Crippen MR) is 118 cm³/mol. The summed E-state index contributed by atoms with van der Waals surface area (Å²) >= 11 is 0. The van der Waals surface area contributed by atoms with Gasteiger partial charge in [-0.15, -0.1) is 0 Å². The van der Waals surface area contributed by atoms with E-state index in [1.165, 1.54) is 68.1 Å². The van der Waals surface area contributed by atoms with Crippen LogP contribution in [0.5, 0.6) is 5.75 Å². The van der Waals surface area contributed by atoms with Crippen LogP contribution < -0.4 is 4.74 Å². The van der Waals surface area contributed by atoms with Crippen LogP contribution in [-0.2, 0) is 4.74 Å². The number of hydrogen-bond donors (Lipinski definition) is 0. The molecule has 0 heterocycles. The summed E-state index contributed by atoms with van der Waals surface area (Å²) in [6.45, 7) is 4.67. The van der Waals surface area contributed by atoms with Crippen LogP contribution in [0.3, 0.4) is 0 Å². The van der Waals surface area contributed by atoms with Gasteiger partial charge in [0, 0.05) is 7.11 Å². The summed E-state index contributed by atoms with van der Waals surface area (Å²) < 4.78 is 10.6. The summed E-state index contributed by atoms with van der Waals surface area (Å²) in [6, 6.07) is 15.6. The van der Waals surface area contributed by atoms with Crippen molar-refractivity contribution in [3.8, 4) is 16.9 Å². The smallest absolute Gasteiger partial charge is 0.188 e. The molecule has 0 amide bonds. The molecule has 3 rings (SSSR count). The summed E-state index contributed by atoms with van der Waals surface area (Å²) in [5, 5.41) is 0. The van der Waals surface area contributed by atoms with Crippen molar-refractivity contribution in [3.05, 3.63) is 53.6 Å². The molecule has 0 saturated heterocycles. The maximum atomic E-state index is 5.59. The fourth-order valence-electron chi connectivity index (χ4n) is 4.53. The van der Waals surface area contributed by atoms with Crippen molar-refractivity contribution in [3.63, 3.8) is 0 Å². The second-order valence-electron chi connectivity index (χ2n) is 8.37. The quantitative estimate of drug-likeness (QED) is 0.331. The molecule has 2 aromatic carbocycles. The molecule has 0 unspecified atom stereocenters. The van der Waals surface area contributed by atoms with Crippen LogP contribution in [-0.4, -0.2) is 13.9 Å². The normalized spacial score (nSPS) is 19.5. The molecule has 0 bridgehead atoms. The van der Waals surface area contributed by atoms with Gasteiger partial charge in [-0.2, -0.15) is 0 Å². The number of hydrogen-bond acceptors (Lipinski definition) is 2. The SMILES string of the molecule is CCCCCC1CCC(c2ccc(-c3ccc(OCOC)c(C)c3)cc2)CC1. The molecular weight excluding hydrogens is 344 g/mol. The van der Waals surface area contributed by atoms with Gasteiger partial charge in [0.05, 0.1) is 0 Å². The minimum atomic E-state index is 0.287. The Labute approximate surface area is 171 Å². The van der Waals surface area contributed by atoms with Gasteiger partial charge in [0.25, 0.3) is 0 Å². The van der Waals surface area contributed by atoms with E-state index >= 15 is 0 Å². The molecule has 0 aromatic heterocycles. The Hall–Kier alpha value is -1.80. The predicted octanol–water partition coefficient (Wildman–Crippen LogP) is 7.50. The summed E-state index contributed by atoms with van der Waals surface area (Å²) in [5.41, 5.74) is 5.18. The van der Waals surface area contributed by atoms with E-state index in [4.69, 9.17) is 9.47 Å². The molecule has 0 N–H and O–H groups in total. The maximum absolute atomic E-state index is 5.59. The Kier molecular flexibility index (Phi) is 7.97. The number of rotatable bonds is 9. The average molecular weight is 381 g/mol. The van der Waals surface area contributed by atoms with E-state index in [0.29, 0.717) is 0 Å². The van der Waals surface area contributed by atoms with Crippen LogP contribution in [0.4, 0.5) is 0 Å². The molecule has 1 aliphatic carbocycles. The number of unbranched alkanes of at least 4 members (excludes halogenated alkanes) is 2. The van der Waals surface area contributed by atoms with E-state index in [1.54, 1.807) is 7.11 Å². The molecule has 0 radical (unpaired) electrons. The van der Waals surface area contributed by atoms with Crippen LogP contribution in [0, 0.1) is 12.8 Å². The molecule has 1 saturated carbocycles. The van der Waals surface area contributed by atoms with E-state index in [0.717, 1.165) is 23.1 Å². The fourth-order valence-corrected chi connectivity index (χ4v) is 4.53. The molecule has 1 aliphatic rings. The van der Waals surface area contributed by atoms with Crippen molar-refractivity contribution in [2.45, 2.75) is 71.1 Å².